The number of rotatable bonds is 5. The van der Waals surface area contributed by atoms with E-state index < -0.39 is 23.8 Å². The number of carbonyl (C=O) groups excluding carboxylic acids is 2. The molecule has 0 aliphatic carbocycles. The molecule has 90 valence electrons. The minimum Gasteiger partial charge on any atom is -0.468 e. The van der Waals surface area contributed by atoms with Crippen molar-refractivity contribution in [3.8, 4) is 0 Å². The monoisotopic (exact) mass is 226 g/mol. The lowest BCUT2D eigenvalue weighted by Crippen LogP contribution is -2.33. The topological polar surface area (TPSA) is 52.6 Å². The Morgan fingerprint density at radius 2 is 1.62 bits per heavy atom. The molecule has 0 N–H and O–H groups in total. The van der Waals surface area contributed by atoms with Crippen molar-refractivity contribution in [3.63, 3.8) is 0 Å². The summed E-state index contributed by atoms with van der Waals surface area (Å²) in [7, 11) is 2.48. The van der Waals surface area contributed by atoms with E-state index in [0.717, 1.165) is 5.57 Å². The third kappa shape index (κ3) is 3.22. The molecule has 0 heterocycles. The molecule has 0 saturated heterocycles. The molecule has 4 heteroatoms. The maximum atomic E-state index is 11.5. The van der Waals surface area contributed by atoms with Gasteiger partial charge in [0.25, 0.3) is 0 Å². The molecule has 0 amide bonds. The fourth-order valence-electron chi connectivity index (χ4n) is 1.42. The summed E-state index contributed by atoms with van der Waals surface area (Å²) in [4.78, 5) is 23.1. The van der Waals surface area contributed by atoms with Gasteiger partial charge >= 0.3 is 11.9 Å². The van der Waals surface area contributed by atoms with E-state index in [1.165, 1.54) is 14.2 Å². The Bertz CT molecular complexity index is 288. The molecule has 0 aliphatic rings. The Hall–Kier alpha value is -1.58. The lowest BCUT2D eigenvalue weighted by atomic mass is 9.86. The quantitative estimate of drug-likeness (QED) is 0.407. The number of methoxy groups -OCH3 is 2. The van der Waals surface area contributed by atoms with Crippen LogP contribution in [-0.2, 0) is 19.1 Å². The number of hydrogen-bond donors (Lipinski definition) is 0. The zero-order valence-corrected chi connectivity index (χ0v) is 10.1. The smallest absolute Gasteiger partial charge is 0.321 e. The van der Waals surface area contributed by atoms with E-state index in [9.17, 15) is 9.59 Å². The Morgan fingerprint density at radius 3 is 1.88 bits per heavy atom. The number of allylic oxidation sites excluding steroid dienone is 3. The predicted octanol–water partition coefficient (Wildman–Crippen LogP) is 1.72. The highest BCUT2D eigenvalue weighted by molar-refractivity contribution is 5.95. The molecule has 0 saturated carbocycles. The van der Waals surface area contributed by atoms with Gasteiger partial charge in [-0.3, -0.25) is 9.59 Å². The van der Waals surface area contributed by atoms with Crippen LogP contribution in [0.4, 0.5) is 0 Å². The Kier molecular flexibility index (Phi) is 6.15. The summed E-state index contributed by atoms with van der Waals surface area (Å²) in [6, 6.07) is 0. The third-order valence-corrected chi connectivity index (χ3v) is 2.50. The zero-order chi connectivity index (χ0) is 12.7. The molecular formula is C12H18O4. The molecule has 4 nitrogen and oxygen atoms in total. The van der Waals surface area contributed by atoms with E-state index in [1.54, 1.807) is 6.08 Å². The molecule has 1 atom stereocenters. The first kappa shape index (κ1) is 14.4. The molecule has 16 heavy (non-hydrogen) atoms. The van der Waals surface area contributed by atoms with Crippen molar-refractivity contribution in [1.82, 2.24) is 0 Å². The number of carbonyl (C=O) groups is 2. The van der Waals surface area contributed by atoms with Gasteiger partial charge in [0.05, 0.1) is 14.2 Å². The molecule has 1 unspecified atom stereocenters. The predicted molar refractivity (Wildman–Crippen MR) is 60.6 cm³/mol. The first-order valence-electron chi connectivity index (χ1n) is 4.94. The molecule has 0 aromatic rings. The minimum atomic E-state index is -0.983. The van der Waals surface area contributed by atoms with E-state index >= 15 is 0 Å². The van der Waals surface area contributed by atoms with Crippen LogP contribution in [-0.4, -0.2) is 26.2 Å². The summed E-state index contributed by atoms with van der Waals surface area (Å²) < 4.78 is 9.20. The van der Waals surface area contributed by atoms with Crippen LogP contribution in [0.2, 0.25) is 0 Å². The van der Waals surface area contributed by atoms with Gasteiger partial charge in [0.15, 0.2) is 5.92 Å². The highest BCUT2D eigenvalue weighted by Gasteiger charge is 2.35. The molecular weight excluding hydrogens is 208 g/mol. The minimum absolute atomic E-state index is 0.398. The van der Waals surface area contributed by atoms with Gasteiger partial charge in [-0.1, -0.05) is 17.7 Å². The van der Waals surface area contributed by atoms with Crippen LogP contribution in [0.3, 0.4) is 0 Å². The Balaban J connectivity index is 5.22. The number of esters is 2. The normalized spacial score (nSPS) is 13.2. The zero-order valence-electron chi connectivity index (χ0n) is 10.1. The van der Waals surface area contributed by atoms with Crippen LogP contribution in [0.15, 0.2) is 24.3 Å². The Labute approximate surface area is 95.9 Å². The third-order valence-electron chi connectivity index (χ3n) is 2.50. The SMILES string of the molecule is C=CC(/C(C)=C/C)C(C(=O)OC)C(=O)OC. The summed E-state index contributed by atoms with van der Waals surface area (Å²) in [5, 5.41) is 0. The van der Waals surface area contributed by atoms with Crippen molar-refractivity contribution in [2.45, 2.75) is 13.8 Å². The number of hydrogen-bond acceptors (Lipinski definition) is 4. The summed E-state index contributed by atoms with van der Waals surface area (Å²) in [5.41, 5.74) is 0.871. The van der Waals surface area contributed by atoms with Gasteiger partial charge in [-0.25, -0.2) is 0 Å². The lowest BCUT2D eigenvalue weighted by Gasteiger charge is -2.20. The van der Waals surface area contributed by atoms with Crippen LogP contribution in [0.25, 0.3) is 0 Å². The molecule has 0 radical (unpaired) electrons. The largest absolute Gasteiger partial charge is 0.468 e. The Morgan fingerprint density at radius 1 is 1.19 bits per heavy atom. The van der Waals surface area contributed by atoms with Crippen LogP contribution >= 0.6 is 0 Å². The fraction of sp³-hybridized carbons (Fsp3) is 0.500. The summed E-state index contributed by atoms with van der Waals surface area (Å²) >= 11 is 0. The van der Waals surface area contributed by atoms with E-state index in [0.29, 0.717) is 0 Å². The highest BCUT2D eigenvalue weighted by Crippen LogP contribution is 2.24. The number of ether oxygens (including phenoxy) is 2. The average molecular weight is 226 g/mol. The first-order valence-corrected chi connectivity index (χ1v) is 4.94. The van der Waals surface area contributed by atoms with Gasteiger partial charge < -0.3 is 9.47 Å². The fourth-order valence-corrected chi connectivity index (χ4v) is 1.42. The van der Waals surface area contributed by atoms with Crippen molar-refractivity contribution < 1.29 is 19.1 Å². The maximum absolute atomic E-state index is 11.5. The van der Waals surface area contributed by atoms with Crippen LogP contribution in [0.1, 0.15) is 13.8 Å². The van der Waals surface area contributed by atoms with Gasteiger partial charge in [-0.15, -0.1) is 6.58 Å². The second-order valence-corrected chi connectivity index (χ2v) is 3.32. The molecule has 0 aliphatic heterocycles. The van der Waals surface area contributed by atoms with Crippen molar-refractivity contribution in [2.24, 2.45) is 11.8 Å². The summed E-state index contributed by atoms with van der Waals surface area (Å²) in [6.45, 7) is 7.28. The van der Waals surface area contributed by atoms with Crippen molar-refractivity contribution in [2.75, 3.05) is 14.2 Å². The second kappa shape index (κ2) is 6.82. The lowest BCUT2D eigenvalue weighted by molar-refractivity contribution is -0.160. The summed E-state index contributed by atoms with van der Waals surface area (Å²) in [6.07, 6.45) is 3.37. The van der Waals surface area contributed by atoms with Crippen LogP contribution < -0.4 is 0 Å². The van der Waals surface area contributed by atoms with Crippen molar-refractivity contribution in [3.05, 3.63) is 24.3 Å². The standard InChI is InChI=1S/C12H18O4/c1-6-8(3)9(7-2)10(11(13)15-4)12(14)16-5/h6-7,9-10H,2H2,1,3-5H3/b8-6+. The first-order chi connectivity index (χ1) is 7.53. The second-order valence-electron chi connectivity index (χ2n) is 3.32. The van der Waals surface area contributed by atoms with E-state index in [-0.39, 0.29) is 0 Å². The molecule has 0 bridgehead atoms. The van der Waals surface area contributed by atoms with Gasteiger partial charge in [0, 0.05) is 5.92 Å². The molecule has 0 aromatic heterocycles. The van der Waals surface area contributed by atoms with E-state index in [2.05, 4.69) is 16.1 Å². The molecule has 0 aromatic carbocycles. The van der Waals surface area contributed by atoms with E-state index in [4.69, 9.17) is 0 Å². The molecule has 0 fully saturated rings. The van der Waals surface area contributed by atoms with Gasteiger partial charge in [0.1, 0.15) is 0 Å². The van der Waals surface area contributed by atoms with Crippen LogP contribution in [0.5, 0.6) is 0 Å². The van der Waals surface area contributed by atoms with Crippen molar-refractivity contribution >= 4 is 11.9 Å². The molecule has 0 rings (SSSR count). The summed E-state index contributed by atoms with van der Waals surface area (Å²) in [5.74, 6) is -2.61. The van der Waals surface area contributed by atoms with Gasteiger partial charge in [-0.2, -0.15) is 0 Å². The van der Waals surface area contributed by atoms with E-state index in [1.807, 2.05) is 19.9 Å². The van der Waals surface area contributed by atoms with Crippen molar-refractivity contribution in [1.29, 1.82) is 0 Å². The highest BCUT2D eigenvalue weighted by atomic mass is 16.5. The molecule has 0 spiro atoms. The van der Waals surface area contributed by atoms with Gasteiger partial charge in [0.2, 0.25) is 0 Å². The van der Waals surface area contributed by atoms with Gasteiger partial charge in [-0.05, 0) is 13.8 Å². The average Bonchev–Trinajstić information content (AvgIpc) is 2.32. The van der Waals surface area contributed by atoms with Crippen LogP contribution in [0, 0.1) is 11.8 Å². The maximum Gasteiger partial charge on any atom is 0.321 e.